The molecule has 2 fully saturated rings. The maximum Gasteiger partial charge on any atom is 0.255 e. The molecule has 0 saturated carbocycles. The number of aromatic nitrogens is 3. The maximum absolute atomic E-state index is 14.8. The van der Waals surface area contributed by atoms with Crippen molar-refractivity contribution in [3.05, 3.63) is 59.2 Å². The van der Waals surface area contributed by atoms with Gasteiger partial charge in [-0.3, -0.25) is 9.69 Å². The number of morpholine rings is 1. The van der Waals surface area contributed by atoms with E-state index in [0.29, 0.717) is 49.7 Å². The molecule has 1 amide bonds. The molecule has 1 aromatic carbocycles. The zero-order valence-electron chi connectivity index (χ0n) is 20.1. The first-order valence-electron chi connectivity index (χ1n) is 12.4. The van der Waals surface area contributed by atoms with Crippen LogP contribution in [0.1, 0.15) is 28.0 Å². The summed E-state index contributed by atoms with van der Waals surface area (Å²) in [6.07, 6.45) is 1.97. The van der Waals surface area contributed by atoms with Gasteiger partial charge in [-0.2, -0.15) is 10.4 Å². The summed E-state index contributed by atoms with van der Waals surface area (Å²) in [6.45, 7) is 4.37. The smallest absolute Gasteiger partial charge is 0.255 e. The fraction of sp³-hybridized carbons (Fsp3) is 0.385. The first kappa shape index (κ1) is 23.5. The summed E-state index contributed by atoms with van der Waals surface area (Å²) in [4.78, 5) is 21.6. The van der Waals surface area contributed by atoms with Gasteiger partial charge in [0.15, 0.2) is 5.82 Å². The van der Waals surface area contributed by atoms with Crippen LogP contribution in [0, 0.1) is 17.1 Å². The van der Waals surface area contributed by atoms with Crippen LogP contribution >= 0.6 is 0 Å². The largest absolute Gasteiger partial charge is 0.391 e. The molecule has 0 aliphatic carbocycles. The number of aliphatic hydroxyl groups excluding tert-OH is 1. The first-order chi connectivity index (χ1) is 18.0. The van der Waals surface area contributed by atoms with Crippen LogP contribution in [-0.4, -0.2) is 82.2 Å². The highest BCUT2D eigenvalue weighted by atomic mass is 19.1. The Balaban J connectivity index is 1.36. The Morgan fingerprint density at radius 1 is 1.19 bits per heavy atom. The van der Waals surface area contributed by atoms with Crippen molar-refractivity contribution in [3.63, 3.8) is 0 Å². The number of nitrogens with zero attached hydrogens (tertiary/aromatic N) is 6. The van der Waals surface area contributed by atoms with E-state index >= 15 is 0 Å². The number of amides is 1. The third-order valence-electron chi connectivity index (χ3n) is 7.31. The van der Waals surface area contributed by atoms with Crippen LogP contribution in [0.4, 0.5) is 10.2 Å². The van der Waals surface area contributed by atoms with Crippen molar-refractivity contribution >= 4 is 11.7 Å². The average Bonchev–Trinajstić information content (AvgIpc) is 3.56. The Morgan fingerprint density at radius 3 is 2.84 bits per heavy atom. The fourth-order valence-corrected chi connectivity index (χ4v) is 5.41. The monoisotopic (exact) mass is 503 g/mol. The Morgan fingerprint density at radius 2 is 2.03 bits per heavy atom. The third-order valence-corrected chi connectivity index (χ3v) is 7.31. The number of pyridine rings is 1. The molecular weight excluding hydrogens is 477 g/mol. The van der Waals surface area contributed by atoms with Crippen molar-refractivity contribution in [2.45, 2.75) is 25.1 Å². The summed E-state index contributed by atoms with van der Waals surface area (Å²) in [5.74, 6) is -0.111. The number of rotatable bonds is 4. The summed E-state index contributed by atoms with van der Waals surface area (Å²) in [7, 11) is 0. The summed E-state index contributed by atoms with van der Waals surface area (Å²) in [5, 5.41) is 27.8. The van der Waals surface area contributed by atoms with Crippen LogP contribution in [0.5, 0.6) is 0 Å². The number of aliphatic hydroxyl groups is 1. The van der Waals surface area contributed by atoms with Gasteiger partial charge in [0.2, 0.25) is 0 Å². The number of fused-ring (bicyclic) bond motifs is 1. The topological polar surface area (TPSA) is 120 Å². The number of nitriles is 1. The molecule has 10 nitrogen and oxygen atoms in total. The predicted octanol–water partition coefficient (Wildman–Crippen LogP) is 1.46. The van der Waals surface area contributed by atoms with Gasteiger partial charge in [-0.15, -0.1) is 0 Å². The minimum absolute atomic E-state index is 0.0178. The Kier molecular flexibility index (Phi) is 6.08. The lowest BCUT2D eigenvalue weighted by atomic mass is 10.00. The van der Waals surface area contributed by atoms with Gasteiger partial charge in [-0.1, -0.05) is 6.07 Å². The highest BCUT2D eigenvalue weighted by Gasteiger charge is 2.34. The number of ether oxygens (including phenoxy) is 1. The van der Waals surface area contributed by atoms with E-state index in [4.69, 9.17) is 9.84 Å². The van der Waals surface area contributed by atoms with E-state index in [1.165, 1.54) is 18.2 Å². The Bertz CT molecular complexity index is 1400. The van der Waals surface area contributed by atoms with E-state index in [0.717, 1.165) is 18.9 Å². The van der Waals surface area contributed by atoms with Crippen LogP contribution in [0.15, 0.2) is 36.5 Å². The van der Waals surface area contributed by atoms with Crippen molar-refractivity contribution in [2.75, 3.05) is 44.3 Å². The van der Waals surface area contributed by atoms with Crippen molar-refractivity contribution in [1.82, 2.24) is 25.0 Å². The van der Waals surface area contributed by atoms with Gasteiger partial charge in [0.05, 0.1) is 71.7 Å². The lowest BCUT2D eigenvalue weighted by Gasteiger charge is -2.43. The number of nitrogens with one attached hydrogen (secondary N) is 1. The van der Waals surface area contributed by atoms with Crippen molar-refractivity contribution in [1.29, 1.82) is 5.26 Å². The van der Waals surface area contributed by atoms with E-state index in [1.54, 1.807) is 16.9 Å². The number of anilines is 1. The molecule has 3 aromatic rings. The van der Waals surface area contributed by atoms with Gasteiger partial charge >= 0.3 is 0 Å². The lowest BCUT2D eigenvalue weighted by molar-refractivity contribution is -0.0267. The fourth-order valence-electron chi connectivity index (χ4n) is 5.41. The second-order valence-electron chi connectivity index (χ2n) is 9.44. The van der Waals surface area contributed by atoms with Crippen LogP contribution in [0.2, 0.25) is 0 Å². The molecular formula is C26H26FN7O3. The molecule has 0 bridgehead atoms. The normalized spacial score (nSPS) is 22.0. The molecule has 0 radical (unpaired) electrons. The Labute approximate surface area is 212 Å². The van der Waals surface area contributed by atoms with Crippen LogP contribution in [0.25, 0.3) is 16.9 Å². The zero-order chi connectivity index (χ0) is 25.5. The standard InChI is InChI=1S/C26H26FN7O3/c27-17-3-1-2-16(13-28)24(17)18-12-20(25-19(30-18)14-29-26(25)36)34-7-5-23(31-34)33-6-4-22(35)21(15-33)32-8-10-37-11-9-32/h1-3,5,7,12,21-22,35H,4,6,8-11,14-15H2,(H,29,36)/t21?,22-/m1/s1. The van der Waals surface area contributed by atoms with Crippen LogP contribution in [-0.2, 0) is 11.3 Å². The SMILES string of the molecule is N#Cc1cccc(F)c1-c1cc(-n2ccc(N3CC[C@@H](O)C(N4CCOCC4)C3)n2)c2c(n1)CNC2=O. The summed E-state index contributed by atoms with van der Waals surface area (Å²) in [5.41, 5.74) is 1.86. The summed E-state index contributed by atoms with van der Waals surface area (Å²) in [6, 6.07) is 9.80. The molecule has 2 atom stereocenters. The second kappa shape index (κ2) is 9.55. The number of hydrogen-bond acceptors (Lipinski definition) is 8. The van der Waals surface area contributed by atoms with Gasteiger partial charge in [-0.25, -0.2) is 14.1 Å². The molecule has 0 spiro atoms. The average molecular weight is 504 g/mol. The molecule has 6 rings (SSSR count). The molecule has 1 unspecified atom stereocenters. The number of halogens is 1. The van der Waals surface area contributed by atoms with Gasteiger partial charge in [-0.05, 0) is 24.6 Å². The van der Waals surface area contributed by atoms with E-state index < -0.39 is 11.9 Å². The predicted molar refractivity (Wildman–Crippen MR) is 132 cm³/mol. The van der Waals surface area contributed by atoms with E-state index in [-0.39, 0.29) is 35.3 Å². The molecule has 3 aliphatic heterocycles. The molecule has 2 saturated heterocycles. The molecule has 2 aromatic heterocycles. The molecule has 37 heavy (non-hydrogen) atoms. The van der Waals surface area contributed by atoms with E-state index in [9.17, 15) is 19.6 Å². The summed E-state index contributed by atoms with van der Waals surface area (Å²) < 4.78 is 21.9. The highest BCUT2D eigenvalue weighted by Crippen LogP contribution is 2.32. The highest BCUT2D eigenvalue weighted by molar-refractivity contribution is 6.01. The number of carbonyl (C=O) groups excluding carboxylic acids is 1. The maximum atomic E-state index is 14.8. The van der Waals surface area contributed by atoms with Crippen molar-refractivity contribution in [2.24, 2.45) is 0 Å². The quantitative estimate of drug-likeness (QED) is 0.549. The number of carbonyl (C=O) groups is 1. The zero-order valence-corrected chi connectivity index (χ0v) is 20.1. The number of hydrogen-bond donors (Lipinski definition) is 2. The molecule has 2 N–H and O–H groups in total. The van der Waals surface area contributed by atoms with Gasteiger partial charge in [0.25, 0.3) is 5.91 Å². The second-order valence-corrected chi connectivity index (χ2v) is 9.44. The Hall–Kier alpha value is -3.85. The van der Waals surface area contributed by atoms with E-state index in [1.807, 2.05) is 12.1 Å². The van der Waals surface area contributed by atoms with Crippen molar-refractivity contribution in [3.8, 4) is 23.0 Å². The molecule has 3 aliphatic rings. The van der Waals surface area contributed by atoms with Crippen LogP contribution in [0.3, 0.4) is 0 Å². The molecule has 5 heterocycles. The van der Waals surface area contributed by atoms with Gasteiger partial charge in [0.1, 0.15) is 5.82 Å². The minimum Gasteiger partial charge on any atom is -0.391 e. The molecule has 190 valence electrons. The third kappa shape index (κ3) is 4.23. The minimum atomic E-state index is -0.558. The molecule has 11 heteroatoms. The van der Waals surface area contributed by atoms with Gasteiger partial charge in [0, 0.05) is 38.4 Å². The lowest BCUT2D eigenvalue weighted by Crippen LogP contribution is -2.58. The van der Waals surface area contributed by atoms with Crippen LogP contribution < -0.4 is 10.2 Å². The number of piperidine rings is 1. The van der Waals surface area contributed by atoms with Gasteiger partial charge < -0.3 is 20.1 Å². The first-order valence-corrected chi connectivity index (χ1v) is 12.4. The van der Waals surface area contributed by atoms with E-state index in [2.05, 4.69) is 20.1 Å². The van der Waals surface area contributed by atoms with Crippen molar-refractivity contribution < 1.29 is 19.0 Å². The number of benzene rings is 1. The summed E-state index contributed by atoms with van der Waals surface area (Å²) >= 11 is 0.